The average Bonchev–Trinajstić information content (AvgIpc) is 2.62. The fraction of sp³-hybridized carbons (Fsp3) is 0.632. The quantitative estimate of drug-likeness (QED) is 0.385. The van der Waals surface area contributed by atoms with E-state index in [1.165, 1.54) is 5.56 Å². The maximum absolute atomic E-state index is 5.73. The Labute approximate surface area is 169 Å². The number of hydrogen-bond donors (Lipinski definition) is 1. The maximum atomic E-state index is 5.73. The van der Waals surface area contributed by atoms with Crippen molar-refractivity contribution in [3.63, 3.8) is 0 Å². The van der Waals surface area contributed by atoms with Crippen molar-refractivity contribution in [2.45, 2.75) is 39.2 Å². The lowest BCUT2D eigenvalue weighted by Crippen LogP contribution is -2.47. The van der Waals surface area contributed by atoms with Crippen LogP contribution in [0.3, 0.4) is 0 Å². The molecule has 1 aromatic carbocycles. The molecule has 1 N–H and O–H groups in total. The van der Waals surface area contributed by atoms with Gasteiger partial charge in [0.1, 0.15) is 5.75 Å². The molecule has 1 heterocycles. The third-order valence-electron chi connectivity index (χ3n) is 4.31. The van der Waals surface area contributed by atoms with Crippen LogP contribution in [0.25, 0.3) is 0 Å². The number of nitrogens with zero attached hydrogens (tertiary/aromatic N) is 2. The van der Waals surface area contributed by atoms with Crippen molar-refractivity contribution in [1.82, 2.24) is 10.2 Å². The second-order valence-corrected chi connectivity index (χ2v) is 5.94. The molecule has 0 bridgehead atoms. The molecule has 1 aliphatic rings. The van der Waals surface area contributed by atoms with Crippen molar-refractivity contribution < 1.29 is 9.47 Å². The van der Waals surface area contributed by atoms with Crippen molar-refractivity contribution in [2.24, 2.45) is 4.99 Å². The molecule has 1 aliphatic heterocycles. The Kier molecular flexibility index (Phi) is 10.9. The standard InChI is InChI=1S/C19H31N3O2.HI/c1-4-20-19(22-14-11-17(12-15-22)24-5-2)21-13-10-16-8-6-7-9-18(16)23-3;/h6-9,17H,4-5,10-15H2,1-3H3,(H,20,21);1H. The van der Waals surface area contributed by atoms with Crippen LogP contribution in [-0.4, -0.2) is 56.9 Å². The molecule has 1 aromatic rings. The van der Waals surface area contributed by atoms with Gasteiger partial charge in [-0.1, -0.05) is 18.2 Å². The molecule has 0 amide bonds. The largest absolute Gasteiger partial charge is 0.496 e. The Hall–Kier alpha value is -1.02. The molecule has 0 radical (unpaired) electrons. The second-order valence-electron chi connectivity index (χ2n) is 5.94. The number of likely N-dealkylation sites (tertiary alicyclic amines) is 1. The summed E-state index contributed by atoms with van der Waals surface area (Å²) < 4.78 is 11.1. The summed E-state index contributed by atoms with van der Waals surface area (Å²) in [4.78, 5) is 7.16. The number of benzene rings is 1. The molecule has 1 saturated heterocycles. The van der Waals surface area contributed by atoms with Crippen LogP contribution >= 0.6 is 24.0 Å². The van der Waals surface area contributed by atoms with Gasteiger partial charge in [-0.25, -0.2) is 0 Å². The highest BCUT2D eigenvalue weighted by Gasteiger charge is 2.21. The van der Waals surface area contributed by atoms with Crippen molar-refractivity contribution in [1.29, 1.82) is 0 Å². The minimum Gasteiger partial charge on any atom is -0.496 e. The number of hydrogen-bond acceptors (Lipinski definition) is 3. The summed E-state index contributed by atoms with van der Waals surface area (Å²) in [5.74, 6) is 1.96. The first-order chi connectivity index (χ1) is 11.8. The van der Waals surface area contributed by atoms with E-state index in [0.29, 0.717) is 6.10 Å². The summed E-state index contributed by atoms with van der Waals surface area (Å²) in [5.41, 5.74) is 1.20. The predicted molar refractivity (Wildman–Crippen MR) is 114 cm³/mol. The Morgan fingerprint density at radius 2 is 1.96 bits per heavy atom. The molecule has 0 unspecified atom stereocenters. The molecule has 2 rings (SSSR count). The van der Waals surface area contributed by atoms with E-state index in [1.54, 1.807) is 7.11 Å². The van der Waals surface area contributed by atoms with Gasteiger partial charge in [0.2, 0.25) is 0 Å². The molecule has 142 valence electrons. The van der Waals surface area contributed by atoms with Crippen LogP contribution in [0.5, 0.6) is 5.75 Å². The summed E-state index contributed by atoms with van der Waals surface area (Å²) in [5, 5.41) is 3.42. The van der Waals surface area contributed by atoms with Crippen molar-refractivity contribution >= 4 is 29.9 Å². The Morgan fingerprint density at radius 1 is 1.24 bits per heavy atom. The number of methoxy groups -OCH3 is 1. The fourth-order valence-electron chi connectivity index (χ4n) is 3.09. The van der Waals surface area contributed by atoms with E-state index < -0.39 is 0 Å². The molecule has 0 aliphatic carbocycles. The first-order valence-corrected chi connectivity index (χ1v) is 9.05. The van der Waals surface area contributed by atoms with Crippen molar-refractivity contribution in [2.75, 3.05) is 39.9 Å². The third-order valence-corrected chi connectivity index (χ3v) is 4.31. The number of guanidine groups is 1. The molecule has 5 nitrogen and oxygen atoms in total. The monoisotopic (exact) mass is 461 g/mol. The normalized spacial score (nSPS) is 15.6. The van der Waals surface area contributed by atoms with Gasteiger partial charge in [-0.15, -0.1) is 24.0 Å². The van der Waals surface area contributed by atoms with E-state index in [2.05, 4.69) is 30.1 Å². The molecule has 0 saturated carbocycles. The Bertz CT molecular complexity index is 517. The SMILES string of the molecule is CCNC(=NCCc1ccccc1OC)N1CCC(OCC)CC1.I. The van der Waals surface area contributed by atoms with Crippen LogP contribution < -0.4 is 10.1 Å². The van der Waals surface area contributed by atoms with Gasteiger partial charge in [-0.05, 0) is 44.7 Å². The van der Waals surface area contributed by atoms with E-state index in [1.807, 2.05) is 18.2 Å². The minimum absolute atomic E-state index is 0. The van der Waals surface area contributed by atoms with Gasteiger partial charge >= 0.3 is 0 Å². The molecule has 0 atom stereocenters. The number of halogens is 1. The van der Waals surface area contributed by atoms with Crippen LogP contribution in [0.1, 0.15) is 32.3 Å². The van der Waals surface area contributed by atoms with Crippen LogP contribution in [0.15, 0.2) is 29.3 Å². The highest BCUT2D eigenvalue weighted by atomic mass is 127. The van der Waals surface area contributed by atoms with Crippen molar-refractivity contribution in [3.8, 4) is 5.75 Å². The second kappa shape index (κ2) is 12.4. The fourth-order valence-corrected chi connectivity index (χ4v) is 3.09. The molecular formula is C19H32IN3O2. The lowest BCUT2D eigenvalue weighted by atomic mass is 10.1. The average molecular weight is 461 g/mol. The molecule has 0 aromatic heterocycles. The van der Waals surface area contributed by atoms with Gasteiger partial charge in [0.25, 0.3) is 0 Å². The Balaban J connectivity index is 0.00000312. The summed E-state index contributed by atoms with van der Waals surface area (Å²) in [7, 11) is 1.72. The molecule has 6 heteroatoms. The smallest absolute Gasteiger partial charge is 0.193 e. The van der Waals surface area contributed by atoms with Crippen LogP contribution in [0.2, 0.25) is 0 Å². The van der Waals surface area contributed by atoms with E-state index >= 15 is 0 Å². The topological polar surface area (TPSA) is 46.1 Å². The maximum Gasteiger partial charge on any atom is 0.193 e. The van der Waals surface area contributed by atoms with E-state index in [0.717, 1.165) is 63.8 Å². The van der Waals surface area contributed by atoms with Gasteiger partial charge in [0, 0.05) is 32.8 Å². The third kappa shape index (κ3) is 7.01. The van der Waals surface area contributed by atoms with E-state index in [-0.39, 0.29) is 24.0 Å². The number of rotatable bonds is 7. The first-order valence-electron chi connectivity index (χ1n) is 9.05. The van der Waals surface area contributed by atoms with Crippen LogP contribution in [-0.2, 0) is 11.2 Å². The molecule has 25 heavy (non-hydrogen) atoms. The molecule has 1 fully saturated rings. The van der Waals surface area contributed by atoms with E-state index in [4.69, 9.17) is 14.5 Å². The zero-order valence-corrected chi connectivity index (χ0v) is 18.0. The van der Waals surface area contributed by atoms with Crippen LogP contribution in [0, 0.1) is 0 Å². The molecule has 0 spiro atoms. The number of ether oxygens (including phenoxy) is 2. The number of para-hydroxylation sites is 1. The van der Waals surface area contributed by atoms with Crippen molar-refractivity contribution in [3.05, 3.63) is 29.8 Å². The minimum atomic E-state index is 0. The number of piperidine rings is 1. The van der Waals surface area contributed by atoms with Gasteiger partial charge < -0.3 is 19.7 Å². The van der Waals surface area contributed by atoms with Gasteiger partial charge in [0.15, 0.2) is 5.96 Å². The summed E-state index contributed by atoms with van der Waals surface area (Å²) in [6.45, 7) is 8.64. The number of aliphatic imine (C=N–C) groups is 1. The zero-order valence-electron chi connectivity index (χ0n) is 15.7. The first kappa shape index (κ1) is 22.0. The summed E-state index contributed by atoms with van der Waals surface area (Å²) in [6, 6.07) is 8.15. The highest BCUT2D eigenvalue weighted by Crippen LogP contribution is 2.18. The Morgan fingerprint density at radius 3 is 2.60 bits per heavy atom. The predicted octanol–water partition coefficient (Wildman–Crippen LogP) is 3.32. The summed E-state index contributed by atoms with van der Waals surface area (Å²) >= 11 is 0. The number of nitrogens with one attached hydrogen (secondary N) is 1. The lowest BCUT2D eigenvalue weighted by molar-refractivity contribution is 0.0264. The molecular weight excluding hydrogens is 429 g/mol. The van der Waals surface area contributed by atoms with Gasteiger partial charge in [0.05, 0.1) is 13.2 Å². The lowest BCUT2D eigenvalue weighted by Gasteiger charge is -2.34. The van der Waals surface area contributed by atoms with Gasteiger partial charge in [-0.3, -0.25) is 4.99 Å². The zero-order chi connectivity index (χ0) is 17.2. The summed E-state index contributed by atoms with van der Waals surface area (Å²) in [6.07, 6.45) is 3.44. The van der Waals surface area contributed by atoms with E-state index in [9.17, 15) is 0 Å². The van der Waals surface area contributed by atoms with Crippen LogP contribution in [0.4, 0.5) is 0 Å². The van der Waals surface area contributed by atoms with Gasteiger partial charge in [-0.2, -0.15) is 0 Å². The highest BCUT2D eigenvalue weighted by molar-refractivity contribution is 14.0.